The highest BCUT2D eigenvalue weighted by Gasteiger charge is 2.08. The van der Waals surface area contributed by atoms with Crippen LogP contribution in [-0.4, -0.2) is 4.99 Å². The van der Waals surface area contributed by atoms with Crippen molar-refractivity contribution in [1.82, 2.24) is 0 Å². The van der Waals surface area contributed by atoms with E-state index >= 15 is 0 Å². The average Bonchev–Trinajstić information content (AvgIpc) is 2.34. The highest BCUT2D eigenvalue weighted by atomic mass is 32.1. The van der Waals surface area contributed by atoms with E-state index in [0.29, 0.717) is 11.6 Å². The lowest BCUT2D eigenvalue weighted by molar-refractivity contribution is 0.585. The standard InChI is InChI=1S/C13H9F3N2S/c14-8-2-4-12(10(16)6-8)18-11-3-1-7(13(17)19)5-9(11)15/h1-6,18H,(H2,17,19). The second kappa shape index (κ2) is 5.27. The van der Waals surface area contributed by atoms with Gasteiger partial charge in [0.15, 0.2) is 0 Å². The summed E-state index contributed by atoms with van der Waals surface area (Å²) in [6, 6.07) is 7.01. The normalized spacial score (nSPS) is 10.3. The summed E-state index contributed by atoms with van der Waals surface area (Å²) in [5.41, 5.74) is 5.76. The van der Waals surface area contributed by atoms with Crippen molar-refractivity contribution in [3.8, 4) is 0 Å². The topological polar surface area (TPSA) is 38.0 Å². The molecule has 0 spiro atoms. The molecule has 0 amide bonds. The maximum atomic E-state index is 13.7. The van der Waals surface area contributed by atoms with Crippen LogP contribution in [0.5, 0.6) is 0 Å². The molecule has 0 saturated carbocycles. The third-order valence-corrected chi connectivity index (χ3v) is 2.69. The Kier molecular flexibility index (Phi) is 3.71. The summed E-state index contributed by atoms with van der Waals surface area (Å²) in [5, 5.41) is 2.53. The number of anilines is 2. The zero-order valence-electron chi connectivity index (χ0n) is 9.58. The van der Waals surface area contributed by atoms with Gasteiger partial charge in [-0.25, -0.2) is 13.2 Å². The maximum Gasteiger partial charge on any atom is 0.149 e. The quantitative estimate of drug-likeness (QED) is 0.846. The minimum atomic E-state index is -0.808. The molecular weight excluding hydrogens is 273 g/mol. The van der Waals surface area contributed by atoms with Gasteiger partial charge in [-0.2, -0.15) is 0 Å². The van der Waals surface area contributed by atoms with E-state index in [2.05, 4.69) is 5.32 Å². The predicted molar refractivity (Wildman–Crippen MR) is 71.9 cm³/mol. The van der Waals surface area contributed by atoms with Crippen LogP contribution in [0.25, 0.3) is 0 Å². The summed E-state index contributed by atoms with van der Waals surface area (Å²) >= 11 is 4.72. The SMILES string of the molecule is NC(=S)c1ccc(Nc2ccc(F)cc2F)c(F)c1. The average molecular weight is 282 g/mol. The molecule has 0 aliphatic carbocycles. The van der Waals surface area contributed by atoms with Crippen LogP contribution < -0.4 is 11.1 Å². The van der Waals surface area contributed by atoms with Crippen molar-refractivity contribution in [1.29, 1.82) is 0 Å². The van der Waals surface area contributed by atoms with E-state index in [1.807, 2.05) is 0 Å². The fraction of sp³-hybridized carbons (Fsp3) is 0. The van der Waals surface area contributed by atoms with E-state index in [1.165, 1.54) is 18.2 Å². The van der Waals surface area contributed by atoms with Crippen molar-refractivity contribution in [3.05, 3.63) is 59.4 Å². The molecule has 0 radical (unpaired) electrons. The fourth-order valence-corrected chi connectivity index (χ4v) is 1.63. The van der Waals surface area contributed by atoms with E-state index < -0.39 is 17.5 Å². The molecule has 0 unspecified atom stereocenters. The molecule has 2 aromatic rings. The van der Waals surface area contributed by atoms with Crippen LogP contribution in [-0.2, 0) is 0 Å². The van der Waals surface area contributed by atoms with Crippen LogP contribution in [0.3, 0.4) is 0 Å². The van der Waals surface area contributed by atoms with Gasteiger partial charge in [-0.05, 0) is 30.3 Å². The van der Waals surface area contributed by atoms with E-state index in [4.69, 9.17) is 18.0 Å². The number of thiocarbonyl (C=S) groups is 1. The third kappa shape index (κ3) is 3.03. The summed E-state index contributed by atoms with van der Waals surface area (Å²) in [6.45, 7) is 0. The number of hydrogen-bond acceptors (Lipinski definition) is 2. The molecule has 0 bridgehead atoms. The lowest BCUT2D eigenvalue weighted by atomic mass is 10.2. The molecule has 19 heavy (non-hydrogen) atoms. The molecule has 2 aromatic carbocycles. The highest BCUT2D eigenvalue weighted by molar-refractivity contribution is 7.80. The van der Waals surface area contributed by atoms with Gasteiger partial charge in [0.05, 0.1) is 11.4 Å². The summed E-state index contributed by atoms with van der Waals surface area (Å²) in [5.74, 6) is -2.14. The van der Waals surface area contributed by atoms with E-state index in [1.54, 1.807) is 0 Å². The van der Waals surface area contributed by atoms with Crippen LogP contribution in [0.15, 0.2) is 36.4 Å². The first-order valence-corrected chi connectivity index (χ1v) is 5.69. The summed E-state index contributed by atoms with van der Waals surface area (Å²) < 4.78 is 39.9. The molecule has 0 saturated heterocycles. The maximum absolute atomic E-state index is 13.7. The van der Waals surface area contributed by atoms with Crippen LogP contribution in [0, 0.1) is 17.5 Å². The Balaban J connectivity index is 2.31. The van der Waals surface area contributed by atoms with Crippen molar-refractivity contribution in [2.45, 2.75) is 0 Å². The number of hydrogen-bond donors (Lipinski definition) is 2. The van der Waals surface area contributed by atoms with Crippen molar-refractivity contribution in [2.24, 2.45) is 5.73 Å². The molecule has 0 fully saturated rings. The Morgan fingerprint density at radius 1 is 0.947 bits per heavy atom. The zero-order valence-corrected chi connectivity index (χ0v) is 10.4. The second-order valence-electron chi connectivity index (χ2n) is 3.81. The van der Waals surface area contributed by atoms with E-state index in [0.717, 1.165) is 12.1 Å². The van der Waals surface area contributed by atoms with Crippen molar-refractivity contribution >= 4 is 28.6 Å². The molecule has 6 heteroatoms. The van der Waals surface area contributed by atoms with Gasteiger partial charge in [0.2, 0.25) is 0 Å². The Labute approximate surface area is 113 Å². The smallest absolute Gasteiger partial charge is 0.149 e. The van der Waals surface area contributed by atoms with Crippen molar-refractivity contribution in [3.63, 3.8) is 0 Å². The fourth-order valence-electron chi connectivity index (χ4n) is 1.51. The molecule has 3 N–H and O–H groups in total. The van der Waals surface area contributed by atoms with Crippen LogP contribution in [0.2, 0.25) is 0 Å². The number of rotatable bonds is 3. The van der Waals surface area contributed by atoms with Crippen LogP contribution in [0.1, 0.15) is 5.56 Å². The Bertz CT molecular complexity index is 644. The van der Waals surface area contributed by atoms with Crippen LogP contribution >= 0.6 is 12.2 Å². The summed E-state index contributed by atoms with van der Waals surface area (Å²) in [4.78, 5) is 0.0680. The van der Waals surface area contributed by atoms with Gasteiger partial charge in [-0.1, -0.05) is 12.2 Å². The molecule has 2 nitrogen and oxygen atoms in total. The van der Waals surface area contributed by atoms with E-state index in [-0.39, 0.29) is 16.4 Å². The van der Waals surface area contributed by atoms with Gasteiger partial charge < -0.3 is 11.1 Å². The first kappa shape index (κ1) is 13.4. The monoisotopic (exact) mass is 282 g/mol. The minimum Gasteiger partial charge on any atom is -0.389 e. The van der Waals surface area contributed by atoms with Gasteiger partial charge in [-0.3, -0.25) is 0 Å². The first-order valence-electron chi connectivity index (χ1n) is 5.29. The largest absolute Gasteiger partial charge is 0.389 e. The molecule has 0 aromatic heterocycles. The van der Waals surface area contributed by atoms with Crippen molar-refractivity contribution < 1.29 is 13.2 Å². The molecule has 98 valence electrons. The third-order valence-electron chi connectivity index (χ3n) is 2.45. The summed E-state index contributed by atoms with van der Waals surface area (Å²) in [6.07, 6.45) is 0. The number of benzene rings is 2. The summed E-state index contributed by atoms with van der Waals surface area (Å²) in [7, 11) is 0. The molecule has 0 aliphatic heterocycles. The van der Waals surface area contributed by atoms with Gasteiger partial charge in [0.1, 0.15) is 22.4 Å². The Morgan fingerprint density at radius 3 is 2.05 bits per heavy atom. The Hall–Kier alpha value is -2.08. The van der Waals surface area contributed by atoms with Gasteiger partial charge >= 0.3 is 0 Å². The molecular formula is C13H9F3N2S. The lowest BCUT2D eigenvalue weighted by Crippen LogP contribution is -2.10. The molecule has 0 heterocycles. The zero-order chi connectivity index (χ0) is 14.0. The van der Waals surface area contributed by atoms with E-state index in [9.17, 15) is 13.2 Å². The molecule has 0 atom stereocenters. The van der Waals surface area contributed by atoms with Gasteiger partial charge in [0, 0.05) is 11.6 Å². The number of nitrogens with two attached hydrogens (primary N) is 1. The van der Waals surface area contributed by atoms with Crippen molar-refractivity contribution in [2.75, 3.05) is 5.32 Å². The number of halogens is 3. The Morgan fingerprint density at radius 2 is 1.53 bits per heavy atom. The molecule has 2 rings (SSSR count). The second-order valence-corrected chi connectivity index (χ2v) is 4.25. The highest BCUT2D eigenvalue weighted by Crippen LogP contribution is 2.23. The van der Waals surface area contributed by atoms with Gasteiger partial charge in [-0.15, -0.1) is 0 Å². The van der Waals surface area contributed by atoms with Crippen LogP contribution in [0.4, 0.5) is 24.5 Å². The molecule has 0 aliphatic rings. The van der Waals surface area contributed by atoms with Gasteiger partial charge in [0.25, 0.3) is 0 Å². The number of nitrogens with one attached hydrogen (secondary N) is 1. The minimum absolute atomic E-state index is 0.0247. The first-order chi connectivity index (χ1) is 8.97. The lowest BCUT2D eigenvalue weighted by Gasteiger charge is -2.09. The predicted octanol–water partition coefficient (Wildman–Crippen LogP) is 3.48.